The summed E-state index contributed by atoms with van der Waals surface area (Å²) in [7, 11) is 0. The first-order chi connectivity index (χ1) is 9.43. The van der Waals surface area contributed by atoms with Crippen molar-refractivity contribution < 1.29 is 19.4 Å². The first kappa shape index (κ1) is 15.1. The molecule has 0 aromatic heterocycles. The van der Waals surface area contributed by atoms with Gasteiger partial charge >= 0.3 is 12.1 Å². The minimum Gasteiger partial charge on any atom is -0.480 e. The van der Waals surface area contributed by atoms with Gasteiger partial charge in [-0.05, 0) is 18.9 Å². The summed E-state index contributed by atoms with van der Waals surface area (Å²) in [5.41, 5.74) is -0.303. The molecule has 0 saturated carbocycles. The lowest BCUT2D eigenvalue weighted by Gasteiger charge is -2.30. The van der Waals surface area contributed by atoms with Gasteiger partial charge in [0.05, 0.1) is 0 Å². The molecule has 1 aromatic carbocycles. The lowest BCUT2D eigenvalue weighted by molar-refractivity contribution is -0.147. The van der Waals surface area contributed by atoms with Crippen LogP contribution >= 0.6 is 22.6 Å². The third kappa shape index (κ3) is 3.05. The van der Waals surface area contributed by atoms with Crippen molar-refractivity contribution in [2.45, 2.75) is 29.4 Å². The molecular formula is C14H16INO4. The fraction of sp³-hybridized carbons (Fsp3) is 0.429. The average molecular weight is 389 g/mol. The summed E-state index contributed by atoms with van der Waals surface area (Å²) in [5, 5.41) is 9.34. The summed E-state index contributed by atoms with van der Waals surface area (Å²) < 4.78 is 5.35. The highest BCUT2D eigenvalue weighted by Gasteiger charge is 2.50. The van der Waals surface area contributed by atoms with E-state index in [0.717, 1.165) is 5.56 Å². The summed E-state index contributed by atoms with van der Waals surface area (Å²) in [5.74, 6) is -0.992. The summed E-state index contributed by atoms with van der Waals surface area (Å²) in [6.07, 6.45) is -0.138. The van der Waals surface area contributed by atoms with Crippen LogP contribution in [0.1, 0.15) is 18.9 Å². The highest BCUT2D eigenvalue weighted by molar-refractivity contribution is 14.1. The van der Waals surface area contributed by atoms with Gasteiger partial charge < -0.3 is 9.84 Å². The number of carboxylic acids is 1. The number of alkyl halides is 1. The molecule has 2 rings (SSSR count). The third-order valence-corrected chi connectivity index (χ3v) is 4.32. The number of carboxylic acid groups (broad SMARTS) is 1. The maximum Gasteiger partial charge on any atom is 0.411 e. The highest BCUT2D eigenvalue weighted by atomic mass is 127. The maximum atomic E-state index is 12.1. The molecule has 1 aliphatic rings. The van der Waals surface area contributed by atoms with Gasteiger partial charge in [0.2, 0.25) is 0 Å². The van der Waals surface area contributed by atoms with Crippen LogP contribution in [-0.4, -0.2) is 38.1 Å². The number of nitrogens with zero attached hydrogens (tertiary/aromatic N) is 1. The molecule has 1 amide bonds. The normalized spacial score (nSPS) is 25.5. The van der Waals surface area contributed by atoms with E-state index in [4.69, 9.17) is 4.74 Å². The molecule has 1 heterocycles. The van der Waals surface area contributed by atoms with Crippen molar-refractivity contribution in [2.75, 3.05) is 6.54 Å². The van der Waals surface area contributed by atoms with Crippen LogP contribution in [0.5, 0.6) is 0 Å². The van der Waals surface area contributed by atoms with Gasteiger partial charge in [0.15, 0.2) is 0 Å². The highest BCUT2D eigenvalue weighted by Crippen LogP contribution is 2.34. The van der Waals surface area contributed by atoms with Crippen LogP contribution in [-0.2, 0) is 16.1 Å². The molecule has 0 radical (unpaired) electrons. The van der Waals surface area contributed by atoms with Gasteiger partial charge in [-0.1, -0.05) is 52.9 Å². The van der Waals surface area contributed by atoms with Gasteiger partial charge in [-0.15, -0.1) is 0 Å². The summed E-state index contributed by atoms with van der Waals surface area (Å²) in [6.45, 7) is 2.12. The zero-order valence-electron chi connectivity index (χ0n) is 11.1. The van der Waals surface area contributed by atoms with Crippen molar-refractivity contribution in [2.24, 2.45) is 0 Å². The van der Waals surface area contributed by atoms with Crippen molar-refractivity contribution in [3.8, 4) is 0 Å². The fourth-order valence-corrected chi connectivity index (χ4v) is 3.53. The molecule has 20 heavy (non-hydrogen) atoms. The summed E-state index contributed by atoms with van der Waals surface area (Å²) in [4.78, 5) is 24.8. The second kappa shape index (κ2) is 5.99. The zero-order valence-corrected chi connectivity index (χ0v) is 13.2. The number of ether oxygens (including phenoxy) is 1. The number of carbonyl (C=O) groups excluding carboxylic acids is 1. The number of hydrogen-bond donors (Lipinski definition) is 1. The fourth-order valence-electron chi connectivity index (χ4n) is 2.28. The lowest BCUT2D eigenvalue weighted by Crippen LogP contribution is -2.50. The smallest absolute Gasteiger partial charge is 0.411 e. The molecule has 1 saturated heterocycles. The van der Waals surface area contributed by atoms with Gasteiger partial charge in [-0.25, -0.2) is 9.59 Å². The van der Waals surface area contributed by atoms with Crippen LogP contribution < -0.4 is 0 Å². The second-order valence-corrected chi connectivity index (χ2v) is 6.79. The van der Waals surface area contributed by atoms with E-state index >= 15 is 0 Å². The molecule has 0 unspecified atom stereocenters. The SMILES string of the molecule is C[C@@]1(C(=O)O)C[C@H](I)CN1C(=O)OCc1ccccc1. The molecular weight excluding hydrogens is 373 g/mol. The van der Waals surface area contributed by atoms with Gasteiger partial charge in [0.1, 0.15) is 12.1 Å². The Balaban J connectivity index is 2.03. The van der Waals surface area contributed by atoms with E-state index in [0.29, 0.717) is 13.0 Å². The van der Waals surface area contributed by atoms with E-state index in [9.17, 15) is 14.7 Å². The lowest BCUT2D eigenvalue weighted by atomic mass is 10.00. The molecule has 0 bridgehead atoms. The Morgan fingerprint density at radius 3 is 2.70 bits per heavy atom. The summed E-state index contributed by atoms with van der Waals surface area (Å²) in [6, 6.07) is 9.32. The molecule has 2 atom stereocenters. The average Bonchev–Trinajstić information content (AvgIpc) is 2.74. The molecule has 1 aliphatic heterocycles. The minimum atomic E-state index is -1.18. The van der Waals surface area contributed by atoms with E-state index in [2.05, 4.69) is 22.6 Å². The van der Waals surface area contributed by atoms with Crippen molar-refractivity contribution in [3.63, 3.8) is 0 Å². The number of aliphatic carboxylic acids is 1. The van der Waals surface area contributed by atoms with Crippen LogP contribution in [0.3, 0.4) is 0 Å². The number of carbonyl (C=O) groups is 2. The Hall–Kier alpha value is -1.31. The van der Waals surface area contributed by atoms with Gasteiger partial charge in [-0.3, -0.25) is 4.90 Å². The number of halogens is 1. The number of likely N-dealkylation sites (tertiary alicyclic amines) is 1. The molecule has 0 spiro atoms. The van der Waals surface area contributed by atoms with Crippen LogP contribution in [0.4, 0.5) is 4.79 Å². The Morgan fingerprint density at radius 1 is 1.45 bits per heavy atom. The van der Waals surface area contributed by atoms with E-state index in [-0.39, 0.29) is 10.5 Å². The quantitative estimate of drug-likeness (QED) is 0.638. The van der Waals surface area contributed by atoms with E-state index in [1.165, 1.54) is 4.90 Å². The Bertz CT molecular complexity index is 507. The van der Waals surface area contributed by atoms with Crippen molar-refractivity contribution in [3.05, 3.63) is 35.9 Å². The van der Waals surface area contributed by atoms with Gasteiger partial charge in [0.25, 0.3) is 0 Å². The van der Waals surface area contributed by atoms with Crippen LogP contribution in [0.15, 0.2) is 30.3 Å². The zero-order chi connectivity index (χ0) is 14.8. The van der Waals surface area contributed by atoms with Crippen LogP contribution in [0, 0.1) is 0 Å². The summed E-state index contributed by atoms with van der Waals surface area (Å²) >= 11 is 2.17. The molecule has 1 N–H and O–H groups in total. The van der Waals surface area contributed by atoms with E-state index < -0.39 is 17.6 Å². The van der Waals surface area contributed by atoms with Crippen LogP contribution in [0.25, 0.3) is 0 Å². The largest absolute Gasteiger partial charge is 0.480 e. The Kier molecular flexibility index (Phi) is 4.52. The molecule has 1 aromatic rings. The maximum absolute atomic E-state index is 12.1. The molecule has 1 fully saturated rings. The number of amides is 1. The molecule has 6 heteroatoms. The topological polar surface area (TPSA) is 66.8 Å². The molecule has 108 valence electrons. The number of hydrogen-bond acceptors (Lipinski definition) is 3. The monoisotopic (exact) mass is 389 g/mol. The number of benzene rings is 1. The predicted molar refractivity (Wildman–Crippen MR) is 81.8 cm³/mol. The van der Waals surface area contributed by atoms with Crippen molar-refractivity contribution >= 4 is 34.7 Å². The predicted octanol–water partition coefficient (Wildman–Crippen LogP) is 2.68. The van der Waals surface area contributed by atoms with E-state index in [1.54, 1.807) is 6.92 Å². The first-order valence-corrected chi connectivity index (χ1v) is 7.54. The number of rotatable bonds is 3. The first-order valence-electron chi connectivity index (χ1n) is 6.29. The second-order valence-electron chi connectivity index (χ2n) is 5.03. The van der Waals surface area contributed by atoms with Crippen molar-refractivity contribution in [1.82, 2.24) is 4.90 Å². The minimum absolute atomic E-state index is 0.123. The van der Waals surface area contributed by atoms with Gasteiger partial charge in [0, 0.05) is 10.5 Å². The van der Waals surface area contributed by atoms with Gasteiger partial charge in [-0.2, -0.15) is 0 Å². The van der Waals surface area contributed by atoms with Crippen LogP contribution in [0.2, 0.25) is 0 Å². The third-order valence-electron chi connectivity index (χ3n) is 3.48. The Morgan fingerprint density at radius 2 is 2.10 bits per heavy atom. The van der Waals surface area contributed by atoms with E-state index in [1.807, 2.05) is 30.3 Å². The standard InChI is InChI=1S/C14H16INO4/c1-14(12(17)18)7-11(15)8-16(14)13(19)20-9-10-5-3-2-4-6-10/h2-6,11H,7-9H2,1H3,(H,17,18)/t11-,14-/m0/s1. The molecule has 5 nitrogen and oxygen atoms in total. The van der Waals surface area contributed by atoms with Crippen molar-refractivity contribution in [1.29, 1.82) is 0 Å². The Labute approximate surface area is 131 Å². The molecule has 0 aliphatic carbocycles.